The van der Waals surface area contributed by atoms with Crippen molar-refractivity contribution >= 4 is 25.0 Å². The van der Waals surface area contributed by atoms with Gasteiger partial charge in [-0.15, -0.1) is 0 Å². The minimum atomic E-state index is -4.30. The van der Waals surface area contributed by atoms with Gasteiger partial charge >= 0.3 is 6.18 Å². The van der Waals surface area contributed by atoms with Crippen LogP contribution in [0.1, 0.15) is 31.9 Å². The minimum absolute atomic E-state index is 0.145. The molecule has 7 heteroatoms. The Morgan fingerprint density at radius 1 is 1.14 bits per heavy atom. The molecule has 0 saturated carbocycles. The summed E-state index contributed by atoms with van der Waals surface area (Å²) < 4.78 is 48.4. The maximum absolute atomic E-state index is 12.5. The van der Waals surface area contributed by atoms with Crippen LogP contribution in [0.15, 0.2) is 30.3 Å². The zero-order valence-electron chi connectivity index (χ0n) is 12.8. The lowest BCUT2D eigenvalue weighted by molar-refractivity contribution is -0.137. The highest BCUT2D eigenvalue weighted by Gasteiger charge is 2.29. The van der Waals surface area contributed by atoms with Crippen molar-refractivity contribution in [3.05, 3.63) is 41.5 Å². The number of hydrogen-bond donors (Lipinski definition) is 0. The zero-order valence-corrected chi connectivity index (χ0v) is 14.5. The zero-order chi connectivity index (χ0) is 16.6. The van der Waals surface area contributed by atoms with Crippen LogP contribution in [0, 0.1) is 0 Å². The van der Waals surface area contributed by atoms with Crippen molar-refractivity contribution in [1.29, 1.82) is 0 Å². The summed E-state index contributed by atoms with van der Waals surface area (Å²) in [7, 11) is -0.985. The predicted octanol–water partition coefficient (Wildman–Crippen LogP) is 6.14. The van der Waals surface area contributed by atoms with Crippen LogP contribution in [0.5, 0.6) is 0 Å². The van der Waals surface area contributed by atoms with Crippen LogP contribution in [0.25, 0.3) is 6.08 Å². The van der Waals surface area contributed by atoms with E-state index in [9.17, 15) is 13.2 Å². The third-order valence-corrected chi connectivity index (χ3v) is 6.27. The molecule has 0 bridgehead atoms. The molecular formula is C15H20F3O2PS. The van der Waals surface area contributed by atoms with Gasteiger partial charge in [0.05, 0.1) is 18.8 Å². The van der Waals surface area contributed by atoms with Crippen molar-refractivity contribution in [2.45, 2.75) is 32.2 Å². The smallest absolute Gasteiger partial charge is 0.326 e. The first-order valence-electron chi connectivity index (χ1n) is 6.95. The molecule has 0 saturated heterocycles. The molecule has 0 N–H and O–H groups in total. The molecule has 0 aliphatic carbocycles. The molecule has 0 spiro atoms. The Balaban J connectivity index is 2.59. The number of hydrogen-bond acceptors (Lipinski definition) is 3. The van der Waals surface area contributed by atoms with Crippen molar-refractivity contribution in [2.24, 2.45) is 0 Å². The molecule has 0 aliphatic rings. The first-order valence-corrected chi connectivity index (χ1v) is 9.61. The lowest BCUT2D eigenvalue weighted by Gasteiger charge is -2.16. The molecule has 1 atom stereocenters. The Kier molecular flexibility index (Phi) is 8.47. The fourth-order valence-corrected chi connectivity index (χ4v) is 4.57. The van der Waals surface area contributed by atoms with Gasteiger partial charge in [0.1, 0.15) is 0 Å². The molecule has 1 unspecified atom stereocenters. The molecule has 0 amide bonds. The van der Waals surface area contributed by atoms with Crippen LogP contribution in [0.2, 0.25) is 0 Å². The Morgan fingerprint density at radius 2 is 1.68 bits per heavy atom. The van der Waals surface area contributed by atoms with Crippen LogP contribution in [-0.4, -0.2) is 18.5 Å². The molecule has 0 aromatic heterocycles. The molecule has 0 aliphatic heterocycles. The first-order chi connectivity index (χ1) is 10.4. The van der Waals surface area contributed by atoms with Crippen LogP contribution in [0.4, 0.5) is 13.2 Å². The fraction of sp³-hybridized carbons (Fsp3) is 0.467. The van der Waals surface area contributed by atoms with Crippen LogP contribution < -0.4 is 0 Å². The minimum Gasteiger partial charge on any atom is -0.326 e. The third kappa shape index (κ3) is 7.14. The van der Waals surface area contributed by atoms with Gasteiger partial charge in [0.2, 0.25) is 7.58 Å². The van der Waals surface area contributed by atoms with E-state index in [-0.39, 0.29) is 5.25 Å². The normalized spacial score (nSPS) is 14.0. The quantitative estimate of drug-likeness (QED) is 0.524. The van der Waals surface area contributed by atoms with E-state index in [0.29, 0.717) is 13.2 Å². The predicted molar refractivity (Wildman–Crippen MR) is 87.7 cm³/mol. The summed E-state index contributed by atoms with van der Waals surface area (Å²) in [6, 6.07) is 5.10. The van der Waals surface area contributed by atoms with E-state index >= 15 is 0 Å². The highest BCUT2D eigenvalue weighted by molar-refractivity contribution is 8.53. The summed E-state index contributed by atoms with van der Waals surface area (Å²) in [5, 5.41) is 0.145. The highest BCUT2D eigenvalue weighted by Crippen LogP contribution is 2.54. The van der Waals surface area contributed by atoms with Gasteiger partial charge in [-0.05, 0) is 38.5 Å². The van der Waals surface area contributed by atoms with Gasteiger partial charge in [-0.25, -0.2) is 0 Å². The topological polar surface area (TPSA) is 18.5 Å². The van der Waals surface area contributed by atoms with Crippen molar-refractivity contribution in [1.82, 2.24) is 0 Å². The standard InChI is InChI=1S/C15H20F3O2PS/c1-4-19-21(20-5-2)22-12(3)6-7-13-8-10-14(11-9-13)15(16,17)18/h6-12H,4-5H2,1-3H3/b7-6+. The van der Waals surface area contributed by atoms with Gasteiger partial charge < -0.3 is 9.05 Å². The van der Waals surface area contributed by atoms with E-state index < -0.39 is 19.3 Å². The lowest BCUT2D eigenvalue weighted by Crippen LogP contribution is -2.04. The van der Waals surface area contributed by atoms with Gasteiger partial charge in [-0.2, -0.15) is 13.2 Å². The SMILES string of the molecule is CCOP(OCC)SC(C)/C=C/c1ccc(C(F)(F)F)cc1. The largest absolute Gasteiger partial charge is 0.416 e. The number of benzene rings is 1. The third-order valence-electron chi connectivity index (χ3n) is 2.52. The van der Waals surface area contributed by atoms with E-state index in [2.05, 4.69) is 0 Å². The van der Waals surface area contributed by atoms with E-state index in [0.717, 1.165) is 17.7 Å². The molecular weight excluding hydrogens is 332 g/mol. The molecule has 2 nitrogen and oxygen atoms in total. The van der Waals surface area contributed by atoms with Gasteiger partial charge in [-0.1, -0.05) is 35.7 Å². The number of rotatable bonds is 8. The molecule has 22 heavy (non-hydrogen) atoms. The maximum atomic E-state index is 12.5. The van der Waals surface area contributed by atoms with Crippen LogP contribution in [0.3, 0.4) is 0 Å². The summed E-state index contributed by atoms with van der Waals surface area (Å²) >= 11 is 1.57. The fourth-order valence-electron chi connectivity index (χ4n) is 1.51. The highest BCUT2D eigenvalue weighted by atomic mass is 32.7. The Morgan fingerprint density at radius 3 is 2.14 bits per heavy atom. The average Bonchev–Trinajstić information content (AvgIpc) is 2.45. The van der Waals surface area contributed by atoms with Crippen molar-refractivity contribution in [2.75, 3.05) is 13.2 Å². The summed E-state index contributed by atoms with van der Waals surface area (Å²) in [6.07, 6.45) is -0.555. The maximum Gasteiger partial charge on any atom is 0.416 e. The number of alkyl halides is 3. The molecule has 1 aromatic carbocycles. The second-order valence-corrected chi connectivity index (χ2v) is 7.79. The van der Waals surface area contributed by atoms with E-state index in [1.807, 2.05) is 32.9 Å². The second kappa shape index (κ2) is 9.56. The summed E-state index contributed by atoms with van der Waals surface area (Å²) in [5.41, 5.74) is 0.0980. The van der Waals surface area contributed by atoms with E-state index in [4.69, 9.17) is 9.05 Å². The number of halogens is 3. The van der Waals surface area contributed by atoms with Crippen molar-refractivity contribution in [3.8, 4) is 0 Å². The van der Waals surface area contributed by atoms with E-state index in [1.54, 1.807) is 11.4 Å². The van der Waals surface area contributed by atoms with Crippen molar-refractivity contribution in [3.63, 3.8) is 0 Å². The Labute approximate surface area is 134 Å². The van der Waals surface area contributed by atoms with Gasteiger partial charge in [0.15, 0.2) is 0 Å². The van der Waals surface area contributed by atoms with Crippen LogP contribution >= 0.6 is 19.0 Å². The second-order valence-electron chi connectivity index (χ2n) is 4.35. The lowest BCUT2D eigenvalue weighted by atomic mass is 10.1. The molecule has 1 rings (SSSR count). The molecule has 0 fully saturated rings. The summed E-state index contributed by atoms with van der Waals surface area (Å²) in [6.45, 7) is 7.01. The van der Waals surface area contributed by atoms with Crippen molar-refractivity contribution < 1.29 is 22.2 Å². The summed E-state index contributed by atoms with van der Waals surface area (Å²) in [5.74, 6) is 0. The Hall–Kier alpha value is -0.550. The molecule has 0 radical (unpaired) electrons. The first kappa shape index (κ1) is 19.5. The molecule has 0 heterocycles. The van der Waals surface area contributed by atoms with Gasteiger partial charge in [-0.3, -0.25) is 0 Å². The molecule has 124 valence electrons. The van der Waals surface area contributed by atoms with Crippen LogP contribution in [-0.2, 0) is 15.2 Å². The summed E-state index contributed by atoms with van der Waals surface area (Å²) in [4.78, 5) is 0. The molecule has 1 aromatic rings. The van der Waals surface area contributed by atoms with Gasteiger partial charge in [0.25, 0.3) is 0 Å². The Bertz CT molecular complexity index is 457. The average molecular weight is 352 g/mol. The monoisotopic (exact) mass is 352 g/mol. The van der Waals surface area contributed by atoms with Gasteiger partial charge in [0, 0.05) is 5.25 Å². The van der Waals surface area contributed by atoms with E-state index in [1.165, 1.54) is 12.1 Å².